The third-order valence-corrected chi connectivity index (χ3v) is 12.3. The van der Waals surface area contributed by atoms with Crippen molar-refractivity contribution >= 4 is 11.0 Å². The summed E-state index contributed by atoms with van der Waals surface area (Å²) in [5.41, 5.74) is 18.7. The quantitative estimate of drug-likeness (QED) is 0.165. The number of hydrogen-bond acceptors (Lipinski definition) is 1. The van der Waals surface area contributed by atoms with Gasteiger partial charge in [-0.2, -0.15) is 4.57 Å². The van der Waals surface area contributed by atoms with Gasteiger partial charge in [-0.3, -0.25) is 0 Å². The van der Waals surface area contributed by atoms with Crippen LogP contribution in [-0.2, 0) is 11.3 Å². The zero-order valence-electron chi connectivity index (χ0n) is 32.1. The van der Waals surface area contributed by atoms with Crippen LogP contribution in [0.3, 0.4) is 0 Å². The number of pyridine rings is 1. The highest BCUT2D eigenvalue weighted by molar-refractivity contribution is 5.99. The number of fused-ring (bicyclic) bond motifs is 5. The molecule has 0 amide bonds. The van der Waals surface area contributed by atoms with Gasteiger partial charge in [-0.05, 0) is 92.9 Å². The molecule has 1 unspecified atom stereocenters. The van der Waals surface area contributed by atoms with E-state index in [2.05, 4.69) is 217 Å². The maximum atomic E-state index is 7.63. The summed E-state index contributed by atoms with van der Waals surface area (Å²) in [5.74, 6) is 0.938. The Hall–Kier alpha value is -7.04. The van der Waals surface area contributed by atoms with Gasteiger partial charge in [-0.25, -0.2) is 0 Å². The van der Waals surface area contributed by atoms with Gasteiger partial charge in [0.25, 0.3) is 0 Å². The normalized spacial score (nSPS) is 15.5. The standard InChI is InChI=1S/C53H39N3O/c1-52(2,3)40-28-38(35-18-9-5-10-19-35)29-41(33-40)55-46-24-15-23-42-44-30-39(36-20-11-6-12-21-36)31-45-47-32-37(34-16-7-4-8-17-34)26-27-54(47)53(49(44)45)56(50(42)46)51(55)43-22-13-14-25-48(43)57-53/h4-33H,1-3H3/q+2. The Bertz CT molecular complexity index is 3120. The first-order valence-corrected chi connectivity index (χ1v) is 19.8. The van der Waals surface area contributed by atoms with Crippen molar-refractivity contribution in [3.05, 3.63) is 193 Å². The summed E-state index contributed by atoms with van der Waals surface area (Å²) in [6.45, 7) is 6.92. The molecule has 2 aromatic heterocycles. The van der Waals surface area contributed by atoms with E-state index in [1.54, 1.807) is 0 Å². The Balaban J connectivity index is 1.25. The molecule has 4 nitrogen and oxygen atoms in total. The van der Waals surface area contributed by atoms with Gasteiger partial charge >= 0.3 is 11.7 Å². The average molecular weight is 734 g/mol. The molecular weight excluding hydrogens is 695 g/mol. The van der Waals surface area contributed by atoms with Crippen LogP contribution in [0.1, 0.15) is 31.9 Å². The number of hydrogen-bond donors (Lipinski definition) is 0. The van der Waals surface area contributed by atoms with E-state index in [1.165, 1.54) is 61.2 Å². The van der Waals surface area contributed by atoms with Gasteiger partial charge in [0.1, 0.15) is 22.6 Å². The second kappa shape index (κ2) is 11.5. The maximum absolute atomic E-state index is 7.63. The number of rotatable bonds is 4. The Morgan fingerprint density at radius 2 is 1.12 bits per heavy atom. The Labute approximate surface area is 332 Å². The fourth-order valence-electron chi connectivity index (χ4n) is 9.62. The molecule has 9 aromatic rings. The summed E-state index contributed by atoms with van der Waals surface area (Å²) in [7, 11) is 0. The second-order valence-electron chi connectivity index (χ2n) is 16.6. The van der Waals surface area contributed by atoms with Gasteiger partial charge in [0.15, 0.2) is 17.2 Å². The predicted octanol–water partition coefficient (Wildman–Crippen LogP) is 11.7. The van der Waals surface area contributed by atoms with E-state index in [-0.39, 0.29) is 5.41 Å². The largest absolute Gasteiger partial charge is 0.499 e. The number of benzene rings is 7. The molecule has 0 saturated carbocycles. The van der Waals surface area contributed by atoms with Crippen LogP contribution in [0.5, 0.6) is 5.75 Å². The van der Waals surface area contributed by atoms with E-state index in [1.807, 2.05) is 0 Å². The molecule has 1 atom stereocenters. The molecule has 0 N–H and O–H groups in total. The highest BCUT2D eigenvalue weighted by atomic mass is 16.5. The first kappa shape index (κ1) is 32.2. The third-order valence-electron chi connectivity index (χ3n) is 12.3. The smallest absolute Gasteiger partial charge is 0.392 e. The number of para-hydroxylation sites is 2. The summed E-state index contributed by atoms with van der Waals surface area (Å²) in [4.78, 5) is 0. The lowest BCUT2D eigenvalue weighted by molar-refractivity contribution is -0.997. The topological polar surface area (TPSA) is 21.9 Å². The molecule has 1 spiro atoms. The van der Waals surface area contributed by atoms with Gasteiger partial charge in [-0.15, -0.1) is 9.13 Å². The minimum absolute atomic E-state index is 0.0766. The number of aromatic nitrogens is 3. The average Bonchev–Trinajstić information content (AvgIpc) is 3.75. The van der Waals surface area contributed by atoms with E-state index in [0.717, 1.165) is 39.6 Å². The van der Waals surface area contributed by atoms with Crippen molar-refractivity contribution in [2.45, 2.75) is 32.0 Å². The minimum atomic E-state index is -1.02. The lowest BCUT2D eigenvalue weighted by Gasteiger charge is -2.32. The lowest BCUT2D eigenvalue weighted by atomic mass is 9.85. The summed E-state index contributed by atoms with van der Waals surface area (Å²) in [6, 6.07) is 64.2. The van der Waals surface area contributed by atoms with E-state index in [4.69, 9.17) is 4.74 Å². The first-order valence-electron chi connectivity index (χ1n) is 19.8. The van der Waals surface area contributed by atoms with Gasteiger partial charge in [0.05, 0.1) is 5.56 Å². The molecule has 3 aliphatic rings. The molecule has 57 heavy (non-hydrogen) atoms. The Morgan fingerprint density at radius 1 is 0.509 bits per heavy atom. The highest BCUT2D eigenvalue weighted by Crippen LogP contribution is 2.54. The van der Waals surface area contributed by atoms with Crippen LogP contribution >= 0.6 is 0 Å². The van der Waals surface area contributed by atoms with Gasteiger partial charge in [0, 0.05) is 23.3 Å². The van der Waals surface area contributed by atoms with Crippen LogP contribution < -0.4 is 13.9 Å². The number of ether oxygens (including phenoxy) is 1. The molecule has 0 saturated heterocycles. The summed E-state index contributed by atoms with van der Waals surface area (Å²) < 4.78 is 15.0. The molecule has 4 heteroatoms. The van der Waals surface area contributed by atoms with Gasteiger partial charge in [0.2, 0.25) is 5.69 Å². The summed E-state index contributed by atoms with van der Waals surface area (Å²) >= 11 is 0. The molecule has 12 rings (SSSR count). The highest BCUT2D eigenvalue weighted by Gasteiger charge is 2.68. The van der Waals surface area contributed by atoms with Crippen LogP contribution in [0, 0.1) is 0 Å². The molecule has 270 valence electrons. The molecule has 0 radical (unpaired) electrons. The fourth-order valence-corrected chi connectivity index (χ4v) is 9.62. The summed E-state index contributed by atoms with van der Waals surface area (Å²) in [6.07, 6.45) is 2.25. The van der Waals surface area contributed by atoms with Crippen molar-refractivity contribution in [2.24, 2.45) is 0 Å². The van der Waals surface area contributed by atoms with Crippen LogP contribution in [0.15, 0.2) is 182 Å². The van der Waals surface area contributed by atoms with E-state index >= 15 is 0 Å². The third kappa shape index (κ3) is 4.44. The Kier molecular flexibility index (Phi) is 6.50. The van der Waals surface area contributed by atoms with Crippen molar-refractivity contribution in [2.75, 3.05) is 0 Å². The lowest BCUT2D eigenvalue weighted by Crippen LogP contribution is -2.78. The van der Waals surface area contributed by atoms with Crippen LogP contribution in [0.25, 0.3) is 83.9 Å². The molecule has 0 fully saturated rings. The molecule has 0 bridgehead atoms. The SMILES string of the molecule is CC(C)(C)c1cc(-c2ccccc2)cc(-n2c3[n+]4c5c(cccc52)-c2cc(-c5ccccc5)cc5c2C4(Oc2ccccc2-3)[n+]2ccc(-c3ccccc3)cc2-5)c1. The van der Waals surface area contributed by atoms with E-state index < -0.39 is 5.85 Å². The monoisotopic (exact) mass is 733 g/mol. The molecule has 0 aliphatic carbocycles. The van der Waals surface area contributed by atoms with Crippen molar-refractivity contribution in [3.63, 3.8) is 0 Å². The maximum Gasteiger partial charge on any atom is 0.499 e. The fraction of sp³-hybridized carbons (Fsp3) is 0.0943. The van der Waals surface area contributed by atoms with Crippen molar-refractivity contribution < 1.29 is 13.9 Å². The number of imidazole rings is 1. The predicted molar refractivity (Wildman–Crippen MR) is 228 cm³/mol. The van der Waals surface area contributed by atoms with Crippen molar-refractivity contribution in [3.8, 4) is 78.6 Å². The zero-order chi connectivity index (χ0) is 38.0. The van der Waals surface area contributed by atoms with E-state index in [9.17, 15) is 0 Å². The van der Waals surface area contributed by atoms with Crippen LogP contribution in [0.4, 0.5) is 0 Å². The first-order chi connectivity index (χ1) is 27.9. The molecule has 3 aliphatic heterocycles. The zero-order valence-corrected chi connectivity index (χ0v) is 32.1. The van der Waals surface area contributed by atoms with Crippen LogP contribution in [-0.4, -0.2) is 4.57 Å². The van der Waals surface area contributed by atoms with E-state index in [0.29, 0.717) is 0 Å². The Morgan fingerprint density at radius 3 is 1.82 bits per heavy atom. The van der Waals surface area contributed by atoms with Gasteiger partial charge < -0.3 is 4.74 Å². The van der Waals surface area contributed by atoms with Crippen molar-refractivity contribution in [1.29, 1.82) is 0 Å². The minimum Gasteiger partial charge on any atom is -0.392 e. The summed E-state index contributed by atoms with van der Waals surface area (Å²) in [5, 5.41) is 0. The second-order valence-corrected chi connectivity index (χ2v) is 16.6. The van der Waals surface area contributed by atoms with Crippen molar-refractivity contribution in [1.82, 2.24) is 4.57 Å². The van der Waals surface area contributed by atoms with Crippen LogP contribution in [0.2, 0.25) is 0 Å². The molecule has 5 heterocycles. The number of nitrogens with zero attached hydrogens (tertiary/aromatic N) is 3. The molecule has 7 aromatic carbocycles. The molecular formula is C53H39N3O+2. The van der Waals surface area contributed by atoms with Gasteiger partial charge in [-0.1, -0.05) is 136 Å².